The second kappa shape index (κ2) is 7.50. The average molecular weight is 438 g/mol. The molecule has 1 aliphatic carbocycles. The Hall–Kier alpha value is -3.18. The predicted molar refractivity (Wildman–Crippen MR) is 105 cm³/mol. The molecule has 1 fully saturated rings. The van der Waals surface area contributed by atoms with Gasteiger partial charge in [0.2, 0.25) is 0 Å². The first-order valence-electron chi connectivity index (χ1n) is 9.99. The summed E-state index contributed by atoms with van der Waals surface area (Å²) in [5.74, 6) is 0.0440. The lowest BCUT2D eigenvalue weighted by atomic mass is 10.2. The maximum atomic E-state index is 13.4. The third-order valence-corrected chi connectivity index (χ3v) is 5.43. The number of rotatable bonds is 6. The number of hydrogen-bond donors (Lipinski definition) is 1. The van der Waals surface area contributed by atoms with E-state index in [1.807, 2.05) is 6.92 Å². The van der Waals surface area contributed by atoms with E-state index in [9.17, 15) is 27.6 Å². The van der Waals surface area contributed by atoms with Crippen LogP contribution in [0.1, 0.15) is 55.6 Å². The number of nitrogens with one attached hydrogen (secondary N) is 1. The Morgan fingerprint density at radius 2 is 1.94 bits per heavy atom. The van der Waals surface area contributed by atoms with Crippen molar-refractivity contribution >= 4 is 11.2 Å². The number of H-pyrrole nitrogens is 1. The fraction of sp³-hybridized carbons (Fsp3) is 0.526. The summed E-state index contributed by atoms with van der Waals surface area (Å²) in [7, 11) is 1.51. The van der Waals surface area contributed by atoms with E-state index in [1.165, 1.54) is 16.2 Å². The molecular weight excluding hydrogens is 417 g/mol. The monoisotopic (exact) mass is 438 g/mol. The van der Waals surface area contributed by atoms with Crippen molar-refractivity contribution in [1.82, 2.24) is 28.9 Å². The standard InChI is InChI=1S/C19H21F3N6O3/c1-3-4-7-27-15-14(16(29)24-18(27)31)26(2)13(23-15)9-28-17(30)11(19(20,21)22)8-12(25-28)10-5-6-10/h8,10H,3-7,9H2,1-2H3,(H,24,29,31). The Kier molecular flexibility index (Phi) is 5.10. The van der Waals surface area contributed by atoms with Crippen LogP contribution in [0.3, 0.4) is 0 Å². The molecule has 3 aromatic heterocycles. The molecule has 0 bridgehead atoms. The first-order valence-corrected chi connectivity index (χ1v) is 9.99. The smallest absolute Gasteiger partial charge is 0.324 e. The van der Waals surface area contributed by atoms with Crippen LogP contribution in [-0.2, 0) is 26.3 Å². The number of aryl methyl sites for hydroxylation is 2. The Bertz CT molecular complexity index is 1330. The lowest BCUT2D eigenvalue weighted by Crippen LogP contribution is -2.32. The lowest BCUT2D eigenvalue weighted by molar-refractivity contribution is -0.139. The van der Waals surface area contributed by atoms with Gasteiger partial charge in [0.05, 0.1) is 5.69 Å². The molecule has 0 unspecified atom stereocenters. The minimum absolute atomic E-state index is 0.101. The summed E-state index contributed by atoms with van der Waals surface area (Å²) in [5.41, 5.74) is -3.38. The topological polar surface area (TPSA) is 108 Å². The molecule has 31 heavy (non-hydrogen) atoms. The quantitative estimate of drug-likeness (QED) is 0.631. The van der Waals surface area contributed by atoms with Crippen molar-refractivity contribution in [3.8, 4) is 0 Å². The van der Waals surface area contributed by atoms with Gasteiger partial charge in [-0.1, -0.05) is 13.3 Å². The molecule has 0 radical (unpaired) electrons. The minimum atomic E-state index is -4.81. The van der Waals surface area contributed by atoms with E-state index >= 15 is 0 Å². The van der Waals surface area contributed by atoms with Crippen LogP contribution in [0.5, 0.6) is 0 Å². The molecule has 3 aromatic rings. The molecule has 0 saturated heterocycles. The SMILES string of the molecule is CCCCn1c(=O)[nH]c(=O)c2c1nc(Cn1nc(C3CC3)cc(C(F)(F)F)c1=O)n2C. The van der Waals surface area contributed by atoms with E-state index in [2.05, 4.69) is 15.1 Å². The molecule has 0 aromatic carbocycles. The average Bonchev–Trinajstić information content (AvgIpc) is 3.47. The third kappa shape index (κ3) is 3.81. The van der Waals surface area contributed by atoms with Crippen LogP contribution in [0.4, 0.5) is 13.2 Å². The number of hydrogen-bond acceptors (Lipinski definition) is 5. The zero-order chi connectivity index (χ0) is 22.5. The summed E-state index contributed by atoms with van der Waals surface area (Å²) in [5, 5.41) is 4.12. The molecule has 1 N–H and O–H groups in total. The highest BCUT2D eigenvalue weighted by atomic mass is 19.4. The highest BCUT2D eigenvalue weighted by Crippen LogP contribution is 2.40. The van der Waals surface area contributed by atoms with Gasteiger partial charge in [-0.15, -0.1) is 0 Å². The van der Waals surface area contributed by atoms with E-state index in [1.54, 1.807) is 0 Å². The number of halogens is 3. The molecule has 12 heteroatoms. The molecular formula is C19H21F3N6O3. The number of unbranched alkanes of at least 4 members (excludes halogenated alkanes) is 1. The molecule has 1 aliphatic rings. The van der Waals surface area contributed by atoms with Crippen LogP contribution in [0, 0.1) is 0 Å². The molecule has 4 rings (SSSR count). The summed E-state index contributed by atoms with van der Waals surface area (Å²) in [6, 6.07) is 0.818. The van der Waals surface area contributed by atoms with Crippen molar-refractivity contribution in [3.63, 3.8) is 0 Å². The van der Waals surface area contributed by atoms with Crippen molar-refractivity contribution in [1.29, 1.82) is 0 Å². The van der Waals surface area contributed by atoms with Crippen LogP contribution < -0.4 is 16.8 Å². The van der Waals surface area contributed by atoms with Gasteiger partial charge in [-0.25, -0.2) is 14.5 Å². The van der Waals surface area contributed by atoms with E-state index in [0.717, 1.165) is 17.2 Å². The normalized spacial score (nSPS) is 14.5. The Balaban J connectivity index is 1.86. The van der Waals surface area contributed by atoms with Gasteiger partial charge in [-0.05, 0) is 25.3 Å². The fourth-order valence-corrected chi connectivity index (χ4v) is 3.54. The van der Waals surface area contributed by atoms with Crippen molar-refractivity contribution in [2.24, 2.45) is 7.05 Å². The van der Waals surface area contributed by atoms with Gasteiger partial charge in [0.1, 0.15) is 17.9 Å². The van der Waals surface area contributed by atoms with E-state index in [4.69, 9.17) is 0 Å². The van der Waals surface area contributed by atoms with Crippen molar-refractivity contribution in [2.75, 3.05) is 0 Å². The second-order valence-electron chi connectivity index (χ2n) is 7.74. The first-order chi connectivity index (χ1) is 14.6. The van der Waals surface area contributed by atoms with Gasteiger partial charge >= 0.3 is 11.9 Å². The number of aromatic nitrogens is 6. The van der Waals surface area contributed by atoms with Crippen LogP contribution >= 0.6 is 0 Å². The fourth-order valence-electron chi connectivity index (χ4n) is 3.54. The Labute approximate surface area is 173 Å². The summed E-state index contributed by atoms with van der Waals surface area (Å²) in [6.07, 6.45) is -1.90. The van der Waals surface area contributed by atoms with Crippen LogP contribution in [0.2, 0.25) is 0 Å². The van der Waals surface area contributed by atoms with Crippen molar-refractivity contribution < 1.29 is 13.2 Å². The van der Waals surface area contributed by atoms with E-state index < -0.39 is 28.5 Å². The lowest BCUT2D eigenvalue weighted by Gasteiger charge is -2.12. The number of imidazole rings is 1. The van der Waals surface area contributed by atoms with E-state index in [0.29, 0.717) is 25.8 Å². The molecule has 0 atom stereocenters. The molecule has 0 aliphatic heterocycles. The number of aromatic amines is 1. The van der Waals surface area contributed by atoms with Gasteiger partial charge in [0, 0.05) is 19.5 Å². The Morgan fingerprint density at radius 1 is 1.23 bits per heavy atom. The summed E-state index contributed by atoms with van der Waals surface area (Å²) < 4.78 is 43.6. The van der Waals surface area contributed by atoms with Crippen molar-refractivity contribution in [2.45, 2.75) is 57.8 Å². The van der Waals surface area contributed by atoms with Crippen LogP contribution in [0.15, 0.2) is 20.4 Å². The zero-order valence-corrected chi connectivity index (χ0v) is 17.0. The number of fused-ring (bicyclic) bond motifs is 1. The molecule has 0 amide bonds. The third-order valence-electron chi connectivity index (χ3n) is 5.43. The van der Waals surface area contributed by atoms with Crippen LogP contribution in [0.25, 0.3) is 11.2 Å². The van der Waals surface area contributed by atoms with Crippen LogP contribution in [-0.4, -0.2) is 28.9 Å². The molecule has 166 valence electrons. The van der Waals surface area contributed by atoms with Gasteiger partial charge < -0.3 is 4.57 Å². The van der Waals surface area contributed by atoms with Gasteiger partial charge in [0.15, 0.2) is 11.2 Å². The first kappa shape index (κ1) is 21.1. The van der Waals surface area contributed by atoms with Gasteiger partial charge in [-0.3, -0.25) is 19.1 Å². The molecule has 1 saturated carbocycles. The summed E-state index contributed by atoms with van der Waals surface area (Å²) in [4.78, 5) is 43.7. The maximum absolute atomic E-state index is 13.4. The largest absolute Gasteiger partial charge is 0.421 e. The second-order valence-corrected chi connectivity index (χ2v) is 7.74. The molecule has 3 heterocycles. The van der Waals surface area contributed by atoms with E-state index in [-0.39, 0.29) is 35.1 Å². The molecule has 9 nitrogen and oxygen atoms in total. The predicted octanol–water partition coefficient (Wildman–Crippen LogP) is 1.72. The Morgan fingerprint density at radius 3 is 2.55 bits per heavy atom. The highest BCUT2D eigenvalue weighted by molar-refractivity contribution is 5.70. The van der Waals surface area contributed by atoms with Gasteiger partial charge in [-0.2, -0.15) is 18.3 Å². The number of nitrogens with zero attached hydrogens (tertiary/aromatic N) is 5. The molecule has 0 spiro atoms. The summed E-state index contributed by atoms with van der Waals surface area (Å²) >= 11 is 0. The van der Waals surface area contributed by atoms with Gasteiger partial charge in [0.25, 0.3) is 11.1 Å². The highest BCUT2D eigenvalue weighted by Gasteiger charge is 2.37. The zero-order valence-electron chi connectivity index (χ0n) is 17.0. The maximum Gasteiger partial charge on any atom is 0.421 e. The number of alkyl halides is 3. The summed E-state index contributed by atoms with van der Waals surface area (Å²) in [6.45, 7) is 1.91. The van der Waals surface area contributed by atoms with Crippen molar-refractivity contribution in [3.05, 3.63) is 54.3 Å². The minimum Gasteiger partial charge on any atom is -0.324 e.